The number of carbonyl (C=O) groups is 2. The van der Waals surface area contributed by atoms with Gasteiger partial charge in [-0.2, -0.15) is 0 Å². The van der Waals surface area contributed by atoms with E-state index in [1.165, 1.54) is 0 Å². The molecular weight excluding hydrogens is 410 g/mol. The highest BCUT2D eigenvalue weighted by atomic mass is 32.1. The van der Waals surface area contributed by atoms with Crippen LogP contribution in [-0.2, 0) is 6.42 Å². The minimum atomic E-state index is -0.379. The van der Waals surface area contributed by atoms with Crippen LogP contribution < -0.4 is 20.7 Å². The number of rotatable bonds is 7. The Morgan fingerprint density at radius 3 is 2.42 bits per heavy atom. The Morgan fingerprint density at radius 1 is 0.903 bits per heavy atom. The third-order valence-corrected chi connectivity index (χ3v) is 4.66. The van der Waals surface area contributed by atoms with Crippen molar-refractivity contribution in [2.45, 2.75) is 6.42 Å². The van der Waals surface area contributed by atoms with Crippen molar-refractivity contribution >= 4 is 34.8 Å². The van der Waals surface area contributed by atoms with E-state index in [9.17, 15) is 9.59 Å². The Morgan fingerprint density at radius 2 is 1.65 bits per heavy atom. The maximum Gasteiger partial charge on any atom is 0.261 e. The minimum absolute atomic E-state index is 0.123. The maximum atomic E-state index is 12.7. The quantitative estimate of drug-likeness (QED) is 0.494. The predicted molar refractivity (Wildman–Crippen MR) is 126 cm³/mol. The highest BCUT2D eigenvalue weighted by molar-refractivity contribution is 7.80. The molecule has 0 bridgehead atoms. The molecule has 0 atom stereocenters. The first-order valence-electron chi connectivity index (χ1n) is 9.77. The first-order chi connectivity index (χ1) is 15.1. The first-order valence-corrected chi connectivity index (χ1v) is 10.2. The molecule has 0 fully saturated rings. The number of para-hydroxylation sites is 1. The third-order valence-electron chi connectivity index (χ3n) is 4.46. The second kappa shape index (κ2) is 10.9. The summed E-state index contributed by atoms with van der Waals surface area (Å²) in [7, 11) is 1.56. The van der Waals surface area contributed by atoms with Gasteiger partial charge in [-0.05, 0) is 48.1 Å². The zero-order valence-corrected chi connectivity index (χ0v) is 17.9. The standard InChI is InChI=1S/C24H23N3O3S/c1-25-22(28)18-10-7-11-19(16-18)26-24(31)27-23(29)20-12-5-6-13-21(20)30-15-14-17-8-3-2-4-9-17/h2-13,16H,14-15H2,1H3,(H,25,28)(H2,26,27,29,31). The maximum absolute atomic E-state index is 12.7. The Hall–Kier alpha value is -3.71. The van der Waals surface area contributed by atoms with Crippen LogP contribution in [0.25, 0.3) is 0 Å². The van der Waals surface area contributed by atoms with E-state index >= 15 is 0 Å². The molecule has 3 rings (SSSR count). The number of nitrogens with one attached hydrogen (secondary N) is 3. The van der Waals surface area contributed by atoms with E-state index in [-0.39, 0.29) is 16.9 Å². The van der Waals surface area contributed by atoms with Gasteiger partial charge in [0, 0.05) is 24.7 Å². The summed E-state index contributed by atoms with van der Waals surface area (Å²) in [6.45, 7) is 0.448. The van der Waals surface area contributed by atoms with Gasteiger partial charge in [-0.3, -0.25) is 14.9 Å². The van der Waals surface area contributed by atoms with E-state index in [0.29, 0.717) is 29.2 Å². The molecule has 3 aromatic rings. The second-order valence-corrected chi connectivity index (χ2v) is 7.06. The highest BCUT2D eigenvalue weighted by Gasteiger charge is 2.14. The number of hydrogen-bond donors (Lipinski definition) is 3. The van der Waals surface area contributed by atoms with Gasteiger partial charge < -0.3 is 15.4 Å². The zero-order chi connectivity index (χ0) is 22.1. The monoisotopic (exact) mass is 433 g/mol. The highest BCUT2D eigenvalue weighted by Crippen LogP contribution is 2.18. The summed E-state index contributed by atoms with van der Waals surface area (Å²) >= 11 is 5.26. The summed E-state index contributed by atoms with van der Waals surface area (Å²) in [5, 5.41) is 8.27. The Labute approximate surface area is 186 Å². The van der Waals surface area contributed by atoms with Crippen molar-refractivity contribution in [3.63, 3.8) is 0 Å². The third kappa shape index (κ3) is 6.38. The van der Waals surface area contributed by atoms with Crippen LogP contribution >= 0.6 is 12.2 Å². The van der Waals surface area contributed by atoms with Crippen molar-refractivity contribution in [3.05, 3.63) is 95.6 Å². The van der Waals surface area contributed by atoms with E-state index in [4.69, 9.17) is 17.0 Å². The van der Waals surface area contributed by atoms with Gasteiger partial charge in [0.05, 0.1) is 12.2 Å². The van der Waals surface area contributed by atoms with Gasteiger partial charge in [0.15, 0.2) is 5.11 Å². The molecule has 0 aliphatic heterocycles. The lowest BCUT2D eigenvalue weighted by atomic mass is 10.1. The number of hydrogen-bond acceptors (Lipinski definition) is 4. The van der Waals surface area contributed by atoms with Crippen molar-refractivity contribution in [2.24, 2.45) is 0 Å². The molecule has 0 saturated carbocycles. The molecule has 0 saturated heterocycles. The second-order valence-electron chi connectivity index (χ2n) is 6.65. The molecule has 31 heavy (non-hydrogen) atoms. The first kappa shape index (κ1) is 22.0. The number of benzene rings is 3. The fraction of sp³-hybridized carbons (Fsp3) is 0.125. The fourth-order valence-corrected chi connectivity index (χ4v) is 3.13. The lowest BCUT2D eigenvalue weighted by Gasteiger charge is -2.13. The number of carbonyl (C=O) groups excluding carboxylic acids is 2. The summed E-state index contributed by atoms with van der Waals surface area (Å²) in [5.74, 6) is -0.101. The molecule has 158 valence electrons. The van der Waals surface area contributed by atoms with Crippen LogP contribution in [0.2, 0.25) is 0 Å². The van der Waals surface area contributed by atoms with E-state index < -0.39 is 0 Å². The average Bonchev–Trinajstić information content (AvgIpc) is 2.79. The van der Waals surface area contributed by atoms with Crippen molar-refractivity contribution < 1.29 is 14.3 Å². The molecule has 3 N–H and O–H groups in total. The molecule has 0 unspecified atom stereocenters. The number of amides is 2. The molecule has 6 nitrogen and oxygen atoms in total. The fourth-order valence-electron chi connectivity index (χ4n) is 2.92. The van der Waals surface area contributed by atoms with Gasteiger partial charge in [-0.1, -0.05) is 48.5 Å². The lowest BCUT2D eigenvalue weighted by molar-refractivity contribution is 0.0958. The molecule has 2 amide bonds. The Kier molecular flexibility index (Phi) is 7.73. The molecule has 0 aromatic heterocycles. The van der Waals surface area contributed by atoms with E-state index in [1.54, 1.807) is 49.5 Å². The van der Waals surface area contributed by atoms with Gasteiger partial charge in [0.1, 0.15) is 5.75 Å². The van der Waals surface area contributed by atoms with E-state index in [0.717, 1.165) is 12.0 Å². The number of anilines is 1. The van der Waals surface area contributed by atoms with Gasteiger partial charge in [0.2, 0.25) is 0 Å². The summed E-state index contributed by atoms with van der Waals surface area (Å²) in [6, 6.07) is 23.8. The Balaban J connectivity index is 1.60. The molecule has 0 aliphatic rings. The van der Waals surface area contributed by atoms with Crippen LogP contribution in [-0.4, -0.2) is 30.6 Å². The van der Waals surface area contributed by atoms with E-state index in [2.05, 4.69) is 16.0 Å². The summed E-state index contributed by atoms with van der Waals surface area (Å²) in [4.78, 5) is 24.5. The van der Waals surface area contributed by atoms with Crippen molar-refractivity contribution in [2.75, 3.05) is 19.0 Å². The molecule has 3 aromatic carbocycles. The van der Waals surface area contributed by atoms with Crippen LogP contribution in [0.15, 0.2) is 78.9 Å². The van der Waals surface area contributed by atoms with Crippen molar-refractivity contribution in [1.29, 1.82) is 0 Å². The van der Waals surface area contributed by atoms with Crippen molar-refractivity contribution in [1.82, 2.24) is 10.6 Å². The largest absolute Gasteiger partial charge is 0.492 e. The van der Waals surface area contributed by atoms with Crippen molar-refractivity contribution in [3.8, 4) is 5.75 Å². The molecule has 0 radical (unpaired) electrons. The molecule has 7 heteroatoms. The van der Waals surface area contributed by atoms with E-state index in [1.807, 2.05) is 36.4 Å². The summed E-state index contributed by atoms with van der Waals surface area (Å²) in [5.41, 5.74) is 2.63. The molecule has 0 aliphatic carbocycles. The lowest BCUT2D eigenvalue weighted by Crippen LogP contribution is -2.34. The van der Waals surface area contributed by atoms with Crippen LogP contribution in [0.3, 0.4) is 0 Å². The van der Waals surface area contributed by atoms with Crippen LogP contribution in [0.5, 0.6) is 5.75 Å². The SMILES string of the molecule is CNC(=O)c1cccc(NC(=S)NC(=O)c2ccccc2OCCc2ccccc2)c1. The molecule has 0 spiro atoms. The van der Waals surface area contributed by atoms with Gasteiger partial charge in [0.25, 0.3) is 11.8 Å². The van der Waals surface area contributed by atoms with Crippen LogP contribution in [0, 0.1) is 0 Å². The Bertz CT molecular complexity index is 1070. The smallest absolute Gasteiger partial charge is 0.261 e. The number of thiocarbonyl (C=S) groups is 1. The van der Waals surface area contributed by atoms with Gasteiger partial charge >= 0.3 is 0 Å². The molecule has 0 heterocycles. The topological polar surface area (TPSA) is 79.5 Å². The number of ether oxygens (including phenoxy) is 1. The normalized spacial score (nSPS) is 10.1. The molecular formula is C24H23N3O3S. The summed E-state index contributed by atoms with van der Waals surface area (Å²) in [6.07, 6.45) is 0.735. The van der Waals surface area contributed by atoms with Gasteiger partial charge in [-0.15, -0.1) is 0 Å². The minimum Gasteiger partial charge on any atom is -0.492 e. The van der Waals surface area contributed by atoms with Crippen LogP contribution in [0.1, 0.15) is 26.3 Å². The average molecular weight is 434 g/mol. The van der Waals surface area contributed by atoms with Gasteiger partial charge in [-0.25, -0.2) is 0 Å². The summed E-state index contributed by atoms with van der Waals surface area (Å²) < 4.78 is 5.85. The zero-order valence-electron chi connectivity index (χ0n) is 17.1. The predicted octanol–water partition coefficient (Wildman–Crippen LogP) is 3.79. The van der Waals surface area contributed by atoms with Crippen LogP contribution in [0.4, 0.5) is 5.69 Å².